The van der Waals surface area contributed by atoms with Gasteiger partial charge in [-0.05, 0) is 29.7 Å². The number of aryl methyl sites for hydroxylation is 1. The van der Waals surface area contributed by atoms with Crippen LogP contribution in [0.3, 0.4) is 0 Å². The molecule has 19 heavy (non-hydrogen) atoms. The largest absolute Gasteiger partial charge is 0.416 e. The fraction of sp³-hybridized carbons (Fsp3) is 0.214. The first-order valence-electron chi connectivity index (χ1n) is 5.73. The van der Waals surface area contributed by atoms with Crippen LogP contribution in [-0.4, -0.2) is 4.98 Å². The van der Waals surface area contributed by atoms with Gasteiger partial charge in [-0.25, -0.2) is 0 Å². The second-order valence-electron chi connectivity index (χ2n) is 4.36. The third-order valence-corrected chi connectivity index (χ3v) is 2.86. The third kappa shape index (κ3) is 2.93. The monoisotopic (exact) mass is 266 g/mol. The Balaban J connectivity index is 2.48. The maximum absolute atomic E-state index is 12.9. The van der Waals surface area contributed by atoms with Crippen LogP contribution >= 0.6 is 0 Å². The number of halogens is 3. The first kappa shape index (κ1) is 13.5. The topological polar surface area (TPSA) is 38.9 Å². The number of hydrogen-bond donors (Lipinski definition) is 1. The molecule has 2 nitrogen and oxygen atoms in total. The van der Waals surface area contributed by atoms with Gasteiger partial charge >= 0.3 is 6.18 Å². The summed E-state index contributed by atoms with van der Waals surface area (Å²) in [6.45, 7) is 1.82. The van der Waals surface area contributed by atoms with Crippen LogP contribution in [0.5, 0.6) is 0 Å². The fourth-order valence-corrected chi connectivity index (χ4v) is 1.95. The number of pyridine rings is 1. The van der Waals surface area contributed by atoms with Gasteiger partial charge in [0.25, 0.3) is 0 Å². The Labute approximate surface area is 109 Å². The second-order valence-corrected chi connectivity index (χ2v) is 4.36. The minimum atomic E-state index is -4.41. The van der Waals surface area contributed by atoms with Gasteiger partial charge in [-0.1, -0.05) is 24.3 Å². The number of rotatable bonds is 2. The number of alkyl halides is 3. The quantitative estimate of drug-likeness (QED) is 0.904. The molecule has 0 aliphatic carbocycles. The molecule has 2 N–H and O–H groups in total. The van der Waals surface area contributed by atoms with Crippen molar-refractivity contribution in [2.75, 3.05) is 0 Å². The van der Waals surface area contributed by atoms with Crippen molar-refractivity contribution in [1.82, 2.24) is 4.98 Å². The van der Waals surface area contributed by atoms with Gasteiger partial charge < -0.3 is 5.73 Å². The molecule has 0 aliphatic heterocycles. The Bertz CT molecular complexity index is 579. The Morgan fingerprint density at radius 3 is 2.47 bits per heavy atom. The standard InChI is InChI=1S/C14H13F3N2/c1-9-6-10(8-19-7-9)13(18)11-4-2-3-5-12(11)14(15,16)17/h2-8,13H,18H2,1H3. The number of nitrogens with zero attached hydrogens (tertiary/aromatic N) is 1. The number of aromatic nitrogens is 1. The third-order valence-electron chi connectivity index (χ3n) is 2.86. The average molecular weight is 266 g/mol. The van der Waals surface area contributed by atoms with Crippen LogP contribution in [-0.2, 0) is 6.18 Å². The summed E-state index contributed by atoms with van der Waals surface area (Å²) in [4.78, 5) is 3.96. The highest BCUT2D eigenvalue weighted by atomic mass is 19.4. The van der Waals surface area contributed by atoms with Gasteiger partial charge in [-0.2, -0.15) is 13.2 Å². The molecule has 0 saturated carbocycles. The van der Waals surface area contributed by atoms with Gasteiger partial charge in [0.1, 0.15) is 0 Å². The number of benzene rings is 1. The normalized spacial score (nSPS) is 13.3. The zero-order valence-electron chi connectivity index (χ0n) is 10.3. The molecule has 1 heterocycles. The minimum Gasteiger partial charge on any atom is -0.320 e. The molecule has 2 aromatic rings. The van der Waals surface area contributed by atoms with Crippen LogP contribution in [0.15, 0.2) is 42.7 Å². The molecule has 1 unspecified atom stereocenters. The van der Waals surface area contributed by atoms with E-state index in [1.807, 2.05) is 6.92 Å². The maximum Gasteiger partial charge on any atom is 0.416 e. The second kappa shape index (κ2) is 5.01. The molecule has 0 bridgehead atoms. The van der Waals surface area contributed by atoms with Crippen molar-refractivity contribution in [3.05, 3.63) is 65.0 Å². The van der Waals surface area contributed by atoms with E-state index in [0.717, 1.165) is 11.6 Å². The Kier molecular flexibility index (Phi) is 3.57. The molecule has 5 heteroatoms. The van der Waals surface area contributed by atoms with Gasteiger partial charge in [0.05, 0.1) is 11.6 Å². The van der Waals surface area contributed by atoms with E-state index in [0.29, 0.717) is 5.56 Å². The first-order valence-corrected chi connectivity index (χ1v) is 5.73. The highest BCUT2D eigenvalue weighted by Gasteiger charge is 2.34. The summed E-state index contributed by atoms with van der Waals surface area (Å²) < 4.78 is 38.8. The number of nitrogens with two attached hydrogens (primary N) is 1. The van der Waals surface area contributed by atoms with Crippen LogP contribution in [0.4, 0.5) is 13.2 Å². The van der Waals surface area contributed by atoms with E-state index in [-0.39, 0.29) is 5.56 Å². The van der Waals surface area contributed by atoms with Crippen molar-refractivity contribution < 1.29 is 13.2 Å². The van der Waals surface area contributed by atoms with Crippen molar-refractivity contribution in [3.8, 4) is 0 Å². The molecule has 0 amide bonds. The van der Waals surface area contributed by atoms with Crippen molar-refractivity contribution in [1.29, 1.82) is 0 Å². The molecule has 100 valence electrons. The fourth-order valence-electron chi connectivity index (χ4n) is 1.95. The SMILES string of the molecule is Cc1cncc(C(N)c2ccccc2C(F)(F)F)c1. The van der Waals surface area contributed by atoms with Crippen molar-refractivity contribution in [2.24, 2.45) is 5.73 Å². The lowest BCUT2D eigenvalue weighted by molar-refractivity contribution is -0.138. The highest BCUT2D eigenvalue weighted by molar-refractivity contribution is 5.38. The van der Waals surface area contributed by atoms with Gasteiger partial charge in [0.2, 0.25) is 0 Å². The smallest absolute Gasteiger partial charge is 0.320 e. The first-order chi connectivity index (χ1) is 8.89. The summed E-state index contributed by atoms with van der Waals surface area (Å²) in [7, 11) is 0. The number of hydrogen-bond acceptors (Lipinski definition) is 2. The predicted octanol–water partition coefficient (Wildman–Crippen LogP) is 3.46. The van der Waals surface area contributed by atoms with E-state index in [9.17, 15) is 13.2 Å². The molecule has 1 aromatic carbocycles. The molecule has 1 aromatic heterocycles. The summed E-state index contributed by atoms with van der Waals surface area (Å²) in [5.41, 5.74) is 6.72. The van der Waals surface area contributed by atoms with E-state index in [2.05, 4.69) is 4.98 Å². The molecule has 0 spiro atoms. The Morgan fingerprint density at radius 1 is 1.16 bits per heavy atom. The predicted molar refractivity (Wildman–Crippen MR) is 66.4 cm³/mol. The van der Waals surface area contributed by atoms with Crippen molar-refractivity contribution in [3.63, 3.8) is 0 Å². The van der Waals surface area contributed by atoms with Crippen LogP contribution in [0, 0.1) is 6.92 Å². The molecular formula is C14H13F3N2. The van der Waals surface area contributed by atoms with Crippen molar-refractivity contribution in [2.45, 2.75) is 19.1 Å². The Morgan fingerprint density at radius 2 is 1.84 bits per heavy atom. The van der Waals surface area contributed by atoms with Crippen LogP contribution in [0.1, 0.15) is 28.3 Å². The molecule has 0 saturated heterocycles. The summed E-state index contributed by atoms with van der Waals surface area (Å²) >= 11 is 0. The van der Waals surface area contributed by atoms with Crippen molar-refractivity contribution >= 4 is 0 Å². The molecule has 0 aliphatic rings. The summed E-state index contributed by atoms with van der Waals surface area (Å²) in [5, 5.41) is 0. The zero-order chi connectivity index (χ0) is 14.0. The Hall–Kier alpha value is -1.88. The van der Waals surface area contributed by atoms with Crippen LogP contribution in [0.2, 0.25) is 0 Å². The molecule has 2 rings (SSSR count). The summed E-state index contributed by atoms with van der Waals surface area (Å²) in [6.07, 6.45) is -1.29. The lowest BCUT2D eigenvalue weighted by Gasteiger charge is -2.18. The van der Waals surface area contributed by atoms with Gasteiger partial charge in [0, 0.05) is 12.4 Å². The lowest BCUT2D eigenvalue weighted by Crippen LogP contribution is -2.18. The van der Waals surface area contributed by atoms with Gasteiger partial charge in [0.15, 0.2) is 0 Å². The van der Waals surface area contributed by atoms with Crippen LogP contribution < -0.4 is 5.73 Å². The van der Waals surface area contributed by atoms with E-state index in [1.165, 1.54) is 18.3 Å². The van der Waals surface area contributed by atoms with Gasteiger partial charge in [-0.3, -0.25) is 4.98 Å². The summed E-state index contributed by atoms with van der Waals surface area (Å²) in [5.74, 6) is 0. The van der Waals surface area contributed by atoms with Gasteiger partial charge in [-0.15, -0.1) is 0 Å². The lowest BCUT2D eigenvalue weighted by atomic mass is 9.95. The highest BCUT2D eigenvalue weighted by Crippen LogP contribution is 2.35. The van der Waals surface area contributed by atoms with E-state index in [4.69, 9.17) is 5.73 Å². The molecule has 0 radical (unpaired) electrons. The molecular weight excluding hydrogens is 253 g/mol. The minimum absolute atomic E-state index is 0.0578. The maximum atomic E-state index is 12.9. The molecule has 0 fully saturated rings. The van der Waals surface area contributed by atoms with E-state index >= 15 is 0 Å². The van der Waals surface area contributed by atoms with E-state index < -0.39 is 17.8 Å². The average Bonchev–Trinajstić information content (AvgIpc) is 2.37. The van der Waals surface area contributed by atoms with Crippen LogP contribution in [0.25, 0.3) is 0 Å². The zero-order valence-corrected chi connectivity index (χ0v) is 10.3. The summed E-state index contributed by atoms with van der Waals surface area (Å²) in [6, 6.07) is 6.24. The van der Waals surface area contributed by atoms with E-state index in [1.54, 1.807) is 18.3 Å². The molecule has 1 atom stereocenters.